The first-order valence-electron chi connectivity index (χ1n) is 6.39. The van der Waals surface area contributed by atoms with Gasteiger partial charge in [-0.2, -0.15) is 0 Å². The second-order valence-electron chi connectivity index (χ2n) is 5.64. The molecule has 1 aromatic heterocycles. The Morgan fingerprint density at radius 1 is 1.50 bits per heavy atom. The predicted molar refractivity (Wildman–Crippen MR) is 69.3 cm³/mol. The van der Waals surface area contributed by atoms with E-state index in [9.17, 15) is 4.79 Å². The minimum Gasteiger partial charge on any atom is -0.444 e. The quantitative estimate of drug-likeness (QED) is 0.831. The van der Waals surface area contributed by atoms with E-state index in [1.165, 1.54) is 5.56 Å². The molecular weight excluding hydrogens is 228 g/mol. The van der Waals surface area contributed by atoms with Crippen molar-refractivity contribution in [3.05, 3.63) is 29.6 Å². The lowest BCUT2D eigenvalue weighted by Gasteiger charge is -2.27. The van der Waals surface area contributed by atoms with Crippen molar-refractivity contribution in [2.75, 3.05) is 0 Å². The van der Waals surface area contributed by atoms with Gasteiger partial charge in [-0.15, -0.1) is 0 Å². The largest absolute Gasteiger partial charge is 0.444 e. The first-order valence-corrected chi connectivity index (χ1v) is 6.39. The van der Waals surface area contributed by atoms with E-state index in [1.807, 2.05) is 26.8 Å². The van der Waals surface area contributed by atoms with Crippen molar-refractivity contribution < 1.29 is 9.53 Å². The molecule has 0 saturated carbocycles. The molecule has 0 unspecified atom stereocenters. The van der Waals surface area contributed by atoms with Gasteiger partial charge in [-0.1, -0.05) is 6.07 Å². The SMILES string of the molecule is CC(C)(C)OC(=O)N[C@@H]1CCCc2cccnc21. The van der Waals surface area contributed by atoms with Gasteiger partial charge < -0.3 is 10.1 Å². The Labute approximate surface area is 108 Å². The molecule has 0 aromatic carbocycles. The van der Waals surface area contributed by atoms with Crippen molar-refractivity contribution in [1.82, 2.24) is 10.3 Å². The molecule has 1 heterocycles. The number of ether oxygens (including phenoxy) is 1. The van der Waals surface area contributed by atoms with Gasteiger partial charge in [0, 0.05) is 6.20 Å². The standard InChI is InChI=1S/C14H20N2O2/c1-14(2,3)18-13(17)16-11-8-4-6-10-7-5-9-15-12(10)11/h5,7,9,11H,4,6,8H2,1-3H3,(H,16,17)/t11-/m1/s1. The Morgan fingerprint density at radius 2 is 2.28 bits per heavy atom. The van der Waals surface area contributed by atoms with E-state index in [0.717, 1.165) is 25.0 Å². The maximum absolute atomic E-state index is 11.8. The molecule has 1 aliphatic carbocycles. The summed E-state index contributed by atoms with van der Waals surface area (Å²) in [5, 5.41) is 2.91. The third-order valence-electron chi connectivity index (χ3n) is 2.89. The maximum atomic E-state index is 11.8. The molecule has 1 aromatic rings. The number of amides is 1. The second kappa shape index (κ2) is 4.96. The van der Waals surface area contributed by atoms with Gasteiger partial charge in [-0.25, -0.2) is 4.79 Å². The van der Waals surface area contributed by atoms with Crippen LogP contribution >= 0.6 is 0 Å². The molecule has 4 heteroatoms. The monoisotopic (exact) mass is 248 g/mol. The van der Waals surface area contributed by atoms with Gasteiger partial charge >= 0.3 is 6.09 Å². The number of carbonyl (C=O) groups excluding carboxylic acids is 1. The molecule has 1 aliphatic rings. The number of fused-ring (bicyclic) bond motifs is 1. The lowest BCUT2D eigenvalue weighted by atomic mass is 9.92. The van der Waals surface area contributed by atoms with Gasteiger partial charge in [-0.3, -0.25) is 4.98 Å². The van der Waals surface area contributed by atoms with Crippen LogP contribution in [-0.4, -0.2) is 16.7 Å². The lowest BCUT2D eigenvalue weighted by Crippen LogP contribution is -2.36. The molecule has 0 aliphatic heterocycles. The molecule has 18 heavy (non-hydrogen) atoms. The van der Waals surface area contributed by atoms with Crippen molar-refractivity contribution in [2.45, 2.75) is 51.7 Å². The first-order chi connectivity index (χ1) is 8.46. The van der Waals surface area contributed by atoms with Crippen LogP contribution in [0, 0.1) is 0 Å². The second-order valence-corrected chi connectivity index (χ2v) is 5.64. The maximum Gasteiger partial charge on any atom is 0.408 e. The van der Waals surface area contributed by atoms with Crippen molar-refractivity contribution in [2.24, 2.45) is 0 Å². The van der Waals surface area contributed by atoms with E-state index in [0.29, 0.717) is 0 Å². The van der Waals surface area contributed by atoms with Crippen molar-refractivity contribution in [3.8, 4) is 0 Å². The van der Waals surface area contributed by atoms with Gasteiger partial charge in [0.15, 0.2) is 0 Å². The number of aromatic nitrogens is 1. The first kappa shape index (κ1) is 12.9. The molecule has 0 bridgehead atoms. The summed E-state index contributed by atoms with van der Waals surface area (Å²) in [6.07, 6.45) is 4.43. The fourth-order valence-electron chi connectivity index (χ4n) is 2.20. The molecule has 1 N–H and O–H groups in total. The normalized spacial score (nSPS) is 18.9. The highest BCUT2D eigenvalue weighted by Crippen LogP contribution is 2.27. The van der Waals surface area contributed by atoms with Crippen LogP contribution in [0.2, 0.25) is 0 Å². The number of rotatable bonds is 1. The summed E-state index contributed by atoms with van der Waals surface area (Å²) in [7, 11) is 0. The number of nitrogens with one attached hydrogen (secondary N) is 1. The number of hydrogen-bond acceptors (Lipinski definition) is 3. The number of pyridine rings is 1. The molecule has 0 fully saturated rings. The van der Waals surface area contributed by atoms with Crippen LogP contribution in [0.3, 0.4) is 0 Å². The summed E-state index contributed by atoms with van der Waals surface area (Å²) >= 11 is 0. The summed E-state index contributed by atoms with van der Waals surface area (Å²) in [6, 6.07) is 3.99. The van der Waals surface area contributed by atoms with Gasteiger partial charge in [0.05, 0.1) is 11.7 Å². The number of alkyl carbamates (subject to hydrolysis) is 1. The van der Waals surface area contributed by atoms with Crippen LogP contribution in [0.5, 0.6) is 0 Å². The van der Waals surface area contributed by atoms with Crippen LogP contribution in [0.15, 0.2) is 18.3 Å². The van der Waals surface area contributed by atoms with E-state index < -0.39 is 5.60 Å². The van der Waals surface area contributed by atoms with Gasteiger partial charge in [0.25, 0.3) is 0 Å². The highest BCUT2D eigenvalue weighted by molar-refractivity contribution is 5.68. The predicted octanol–water partition coefficient (Wildman–Crippen LogP) is 2.98. The Kier molecular flexibility index (Phi) is 3.55. The zero-order valence-electron chi connectivity index (χ0n) is 11.2. The highest BCUT2D eigenvalue weighted by atomic mass is 16.6. The minimum absolute atomic E-state index is 0.0233. The molecule has 98 valence electrons. The smallest absolute Gasteiger partial charge is 0.408 e. The minimum atomic E-state index is -0.467. The summed E-state index contributed by atoms with van der Waals surface area (Å²) in [4.78, 5) is 16.2. The lowest BCUT2D eigenvalue weighted by molar-refractivity contribution is 0.0497. The van der Waals surface area contributed by atoms with Crippen molar-refractivity contribution in [3.63, 3.8) is 0 Å². The van der Waals surface area contributed by atoms with E-state index in [1.54, 1.807) is 6.20 Å². The van der Waals surface area contributed by atoms with E-state index in [4.69, 9.17) is 4.74 Å². The summed E-state index contributed by atoms with van der Waals surface area (Å²) in [5.74, 6) is 0. The Morgan fingerprint density at radius 3 is 3.00 bits per heavy atom. The average molecular weight is 248 g/mol. The van der Waals surface area contributed by atoms with E-state index >= 15 is 0 Å². The van der Waals surface area contributed by atoms with Crippen LogP contribution in [0.4, 0.5) is 4.79 Å². The molecule has 1 amide bonds. The number of nitrogens with zero attached hydrogens (tertiary/aromatic N) is 1. The zero-order valence-corrected chi connectivity index (χ0v) is 11.2. The van der Waals surface area contributed by atoms with Crippen LogP contribution in [0.25, 0.3) is 0 Å². The fourth-order valence-corrected chi connectivity index (χ4v) is 2.20. The number of aryl methyl sites for hydroxylation is 1. The number of carbonyl (C=O) groups is 1. The average Bonchev–Trinajstić information content (AvgIpc) is 2.27. The summed E-state index contributed by atoms with van der Waals surface area (Å²) in [5.41, 5.74) is 1.74. The van der Waals surface area contributed by atoms with Crippen LogP contribution in [-0.2, 0) is 11.2 Å². The van der Waals surface area contributed by atoms with Crippen molar-refractivity contribution >= 4 is 6.09 Å². The fraction of sp³-hybridized carbons (Fsp3) is 0.571. The highest BCUT2D eigenvalue weighted by Gasteiger charge is 2.25. The van der Waals surface area contributed by atoms with Crippen LogP contribution < -0.4 is 5.32 Å². The molecular formula is C14H20N2O2. The van der Waals surface area contributed by atoms with Gasteiger partial charge in [0.1, 0.15) is 5.60 Å². The third kappa shape index (κ3) is 3.22. The van der Waals surface area contributed by atoms with E-state index in [2.05, 4.69) is 16.4 Å². The molecule has 4 nitrogen and oxygen atoms in total. The molecule has 0 spiro atoms. The third-order valence-corrected chi connectivity index (χ3v) is 2.89. The Hall–Kier alpha value is -1.58. The number of hydrogen-bond donors (Lipinski definition) is 1. The summed E-state index contributed by atoms with van der Waals surface area (Å²) < 4.78 is 5.28. The van der Waals surface area contributed by atoms with Gasteiger partial charge in [-0.05, 0) is 51.7 Å². The Bertz CT molecular complexity index is 438. The molecule has 1 atom stereocenters. The molecule has 0 saturated heterocycles. The molecule has 0 radical (unpaired) electrons. The van der Waals surface area contributed by atoms with Gasteiger partial charge in [0.2, 0.25) is 0 Å². The Balaban J connectivity index is 2.05. The summed E-state index contributed by atoms with van der Waals surface area (Å²) in [6.45, 7) is 5.58. The zero-order chi connectivity index (χ0) is 13.2. The van der Waals surface area contributed by atoms with Crippen LogP contribution in [0.1, 0.15) is 50.9 Å². The van der Waals surface area contributed by atoms with Crippen molar-refractivity contribution in [1.29, 1.82) is 0 Å². The van der Waals surface area contributed by atoms with E-state index in [-0.39, 0.29) is 12.1 Å². The molecule has 2 rings (SSSR count). The topological polar surface area (TPSA) is 51.2 Å².